The van der Waals surface area contributed by atoms with Gasteiger partial charge in [0.2, 0.25) is 0 Å². The predicted molar refractivity (Wildman–Crippen MR) is 125 cm³/mol. The Morgan fingerprint density at radius 1 is 1.20 bits per heavy atom. The van der Waals surface area contributed by atoms with Crippen molar-refractivity contribution in [2.75, 3.05) is 0 Å². The Labute approximate surface area is 189 Å². The molecule has 3 aromatic rings. The number of carboxylic acid groups (broad SMARTS) is 1. The molecule has 158 valence electrons. The topological polar surface area (TPSA) is 59.4 Å². The first kappa shape index (κ1) is 21.5. The van der Waals surface area contributed by atoms with Crippen molar-refractivity contribution < 1.29 is 14.6 Å². The van der Waals surface area contributed by atoms with E-state index in [0.29, 0.717) is 5.56 Å². The SMILES string of the molecule is Cc1nc2sc3c(c2c(-c2ccc(Br)cc2)c1[C@H](OC(C)(C)C)C(=O)O)CCCC3. The van der Waals surface area contributed by atoms with Crippen molar-refractivity contribution in [3.63, 3.8) is 0 Å². The number of hydrogen-bond donors (Lipinski definition) is 1. The van der Waals surface area contributed by atoms with E-state index >= 15 is 0 Å². The van der Waals surface area contributed by atoms with Gasteiger partial charge in [0.1, 0.15) is 4.83 Å². The molecule has 0 unspecified atom stereocenters. The van der Waals surface area contributed by atoms with Crippen molar-refractivity contribution in [2.45, 2.75) is 65.1 Å². The minimum Gasteiger partial charge on any atom is -0.479 e. The van der Waals surface area contributed by atoms with Crippen LogP contribution in [0.4, 0.5) is 0 Å². The van der Waals surface area contributed by atoms with E-state index in [-0.39, 0.29) is 0 Å². The Kier molecular flexibility index (Phi) is 5.77. The number of halogens is 1. The molecule has 0 saturated carbocycles. The summed E-state index contributed by atoms with van der Waals surface area (Å²) >= 11 is 5.28. The molecule has 1 N–H and O–H groups in total. The van der Waals surface area contributed by atoms with Gasteiger partial charge in [-0.25, -0.2) is 9.78 Å². The maximum atomic E-state index is 12.4. The maximum Gasteiger partial charge on any atom is 0.337 e. The molecule has 4 rings (SSSR count). The number of aryl methyl sites for hydroxylation is 3. The number of aliphatic carboxylic acids is 1. The average Bonchev–Trinajstić information content (AvgIpc) is 3.03. The van der Waals surface area contributed by atoms with E-state index in [4.69, 9.17) is 9.72 Å². The minimum absolute atomic E-state index is 0.602. The monoisotopic (exact) mass is 487 g/mol. The molecule has 0 bridgehead atoms. The zero-order chi connectivity index (χ0) is 21.6. The van der Waals surface area contributed by atoms with E-state index in [0.717, 1.165) is 50.8 Å². The molecule has 4 nitrogen and oxygen atoms in total. The molecule has 2 heterocycles. The van der Waals surface area contributed by atoms with Gasteiger partial charge in [-0.1, -0.05) is 28.1 Å². The van der Waals surface area contributed by atoms with E-state index < -0.39 is 17.7 Å². The van der Waals surface area contributed by atoms with Gasteiger partial charge < -0.3 is 9.84 Å². The van der Waals surface area contributed by atoms with E-state index in [2.05, 4.69) is 15.9 Å². The van der Waals surface area contributed by atoms with Crippen LogP contribution in [-0.4, -0.2) is 21.7 Å². The summed E-state index contributed by atoms with van der Waals surface area (Å²) in [6, 6.07) is 8.09. The second-order valence-electron chi connectivity index (χ2n) is 8.83. The van der Waals surface area contributed by atoms with Gasteiger partial charge in [-0.05, 0) is 76.6 Å². The molecular formula is C24H26BrNO3S. The number of hydrogen-bond acceptors (Lipinski definition) is 4. The lowest BCUT2D eigenvalue weighted by Gasteiger charge is -2.28. The van der Waals surface area contributed by atoms with Crippen molar-refractivity contribution in [1.29, 1.82) is 0 Å². The van der Waals surface area contributed by atoms with Gasteiger partial charge in [0.25, 0.3) is 0 Å². The summed E-state index contributed by atoms with van der Waals surface area (Å²) in [4.78, 5) is 19.6. The molecule has 1 aliphatic rings. The lowest BCUT2D eigenvalue weighted by molar-refractivity contribution is -0.160. The molecule has 0 amide bonds. The Morgan fingerprint density at radius 3 is 2.50 bits per heavy atom. The third-order valence-corrected chi connectivity index (χ3v) is 7.14. The number of pyridine rings is 1. The summed E-state index contributed by atoms with van der Waals surface area (Å²) in [6.45, 7) is 7.56. The van der Waals surface area contributed by atoms with Crippen LogP contribution in [0.3, 0.4) is 0 Å². The third kappa shape index (κ3) is 4.05. The van der Waals surface area contributed by atoms with Gasteiger partial charge in [-0.15, -0.1) is 11.3 Å². The first-order valence-corrected chi connectivity index (χ1v) is 11.9. The highest BCUT2D eigenvalue weighted by molar-refractivity contribution is 9.10. The smallest absolute Gasteiger partial charge is 0.337 e. The fourth-order valence-electron chi connectivity index (χ4n) is 4.24. The molecule has 0 aliphatic heterocycles. The van der Waals surface area contributed by atoms with Gasteiger partial charge in [-0.3, -0.25) is 0 Å². The predicted octanol–water partition coefficient (Wildman–Crippen LogP) is 6.85. The van der Waals surface area contributed by atoms with Crippen molar-refractivity contribution in [2.24, 2.45) is 0 Å². The number of carboxylic acids is 1. The van der Waals surface area contributed by atoms with Crippen molar-refractivity contribution in [3.05, 3.63) is 50.4 Å². The number of fused-ring (bicyclic) bond motifs is 3. The van der Waals surface area contributed by atoms with E-state index in [1.165, 1.54) is 16.9 Å². The molecular weight excluding hydrogens is 462 g/mol. The van der Waals surface area contributed by atoms with Crippen LogP contribution in [0.2, 0.25) is 0 Å². The second-order valence-corrected chi connectivity index (χ2v) is 10.8. The number of nitrogens with zero attached hydrogens (tertiary/aromatic N) is 1. The van der Waals surface area contributed by atoms with Crippen LogP contribution in [0.5, 0.6) is 0 Å². The Bertz CT molecular complexity index is 1110. The zero-order valence-electron chi connectivity index (χ0n) is 17.7. The van der Waals surface area contributed by atoms with E-state index in [9.17, 15) is 9.90 Å². The van der Waals surface area contributed by atoms with Gasteiger partial charge in [-0.2, -0.15) is 0 Å². The summed E-state index contributed by atoms with van der Waals surface area (Å²) in [5, 5.41) is 11.2. The molecule has 2 aromatic heterocycles. The molecule has 30 heavy (non-hydrogen) atoms. The molecule has 1 aromatic carbocycles. The quantitative estimate of drug-likeness (QED) is 0.436. The highest BCUT2D eigenvalue weighted by Crippen LogP contribution is 2.45. The largest absolute Gasteiger partial charge is 0.479 e. The Morgan fingerprint density at radius 2 is 1.87 bits per heavy atom. The second kappa shape index (κ2) is 8.06. The standard InChI is InChI=1S/C24H26BrNO3S/c1-13-18(21(23(27)28)29-24(2,3)4)19(14-9-11-15(25)12-10-14)20-16-7-5-6-8-17(16)30-22(20)26-13/h9-12,21H,5-8H2,1-4H3,(H,27,28)/t21-/m0/s1. The van der Waals surface area contributed by atoms with Crippen LogP contribution in [0.25, 0.3) is 21.3 Å². The van der Waals surface area contributed by atoms with Crippen LogP contribution in [0.1, 0.15) is 61.4 Å². The highest BCUT2D eigenvalue weighted by Gasteiger charge is 2.33. The van der Waals surface area contributed by atoms with Crippen molar-refractivity contribution >= 4 is 43.5 Å². The van der Waals surface area contributed by atoms with Crippen molar-refractivity contribution in [3.8, 4) is 11.1 Å². The fraction of sp³-hybridized carbons (Fsp3) is 0.417. The molecule has 0 radical (unpaired) electrons. The molecule has 0 spiro atoms. The van der Waals surface area contributed by atoms with Crippen LogP contribution >= 0.6 is 27.3 Å². The number of aromatic nitrogens is 1. The first-order chi connectivity index (χ1) is 14.2. The van der Waals surface area contributed by atoms with Crippen molar-refractivity contribution in [1.82, 2.24) is 4.98 Å². The maximum absolute atomic E-state index is 12.4. The van der Waals surface area contributed by atoms with Gasteiger partial charge in [0.15, 0.2) is 6.10 Å². The molecule has 6 heteroatoms. The first-order valence-electron chi connectivity index (χ1n) is 10.3. The minimum atomic E-state index is -1.08. The summed E-state index contributed by atoms with van der Waals surface area (Å²) < 4.78 is 7.06. The number of benzene rings is 1. The molecule has 0 saturated heterocycles. The van der Waals surface area contributed by atoms with Crippen LogP contribution in [0, 0.1) is 6.92 Å². The van der Waals surface area contributed by atoms with Crippen LogP contribution in [0.15, 0.2) is 28.7 Å². The normalized spacial score (nSPS) is 15.2. The number of ether oxygens (including phenoxy) is 1. The van der Waals surface area contributed by atoms with E-state index in [1.807, 2.05) is 52.0 Å². The summed E-state index contributed by atoms with van der Waals surface area (Å²) in [6.07, 6.45) is 3.36. The van der Waals surface area contributed by atoms with Gasteiger partial charge in [0.05, 0.1) is 5.60 Å². The van der Waals surface area contributed by atoms with Gasteiger partial charge >= 0.3 is 5.97 Å². The summed E-state index contributed by atoms with van der Waals surface area (Å²) in [5.74, 6) is -0.989. The van der Waals surface area contributed by atoms with Crippen LogP contribution in [-0.2, 0) is 22.4 Å². The Hall–Kier alpha value is -1.76. The van der Waals surface area contributed by atoms with Crippen LogP contribution < -0.4 is 0 Å². The number of thiophene rings is 1. The summed E-state index contributed by atoms with van der Waals surface area (Å²) in [7, 11) is 0. The highest BCUT2D eigenvalue weighted by atomic mass is 79.9. The Balaban J connectivity index is 2.08. The number of carbonyl (C=O) groups is 1. The van der Waals surface area contributed by atoms with Gasteiger partial charge in [0, 0.05) is 31.6 Å². The lowest BCUT2D eigenvalue weighted by atomic mass is 9.88. The zero-order valence-corrected chi connectivity index (χ0v) is 20.1. The molecule has 0 fully saturated rings. The molecule has 1 atom stereocenters. The lowest BCUT2D eigenvalue weighted by Crippen LogP contribution is -2.28. The summed E-state index contributed by atoms with van der Waals surface area (Å²) in [5.41, 5.74) is 4.08. The number of rotatable bonds is 4. The average molecular weight is 488 g/mol. The van der Waals surface area contributed by atoms with E-state index in [1.54, 1.807) is 11.3 Å². The molecule has 1 aliphatic carbocycles. The third-order valence-electron chi connectivity index (χ3n) is 5.42. The fourth-order valence-corrected chi connectivity index (χ4v) is 5.82.